The molecule has 0 saturated carbocycles. The molecule has 17 aromatic carbocycles. The molecule has 19 aromatic rings. The molecule has 0 bridgehead atoms. The number of imidazole rings is 2. The SMILES string of the molecule is c1ccc(-c2c3ccccc3c(-c3ccc4ccccc4c3)c3ccc(-c4ccc(-n5c(-c6ccccc6)nc6ccccc65)cc4)cc23)cc1.c1ccc(-c2ccc(-c3c4ccccc4c(-c4ccccc4)c4cc(-c5nc6ccccc6n5-c5ccccc5)ccc34)cc2)cc1. The number of nitrogens with zero attached hydrogens (tertiary/aromatic N) is 4. The van der Waals surface area contributed by atoms with Gasteiger partial charge in [-0.25, -0.2) is 9.97 Å². The molecular weight excluding hydrogens is 1190 g/mol. The second kappa shape index (κ2) is 24.7. The maximum atomic E-state index is 5.21. The van der Waals surface area contributed by atoms with Crippen LogP contribution < -0.4 is 0 Å². The molecule has 0 aliphatic heterocycles. The molecular formula is C94H62N4. The molecule has 0 atom stereocenters. The van der Waals surface area contributed by atoms with E-state index in [-0.39, 0.29) is 0 Å². The summed E-state index contributed by atoms with van der Waals surface area (Å²) in [7, 11) is 0. The van der Waals surface area contributed by atoms with Gasteiger partial charge in [0.05, 0.1) is 22.1 Å². The Morgan fingerprint density at radius 3 is 1.03 bits per heavy atom. The number of aromatic nitrogens is 4. The van der Waals surface area contributed by atoms with Crippen LogP contribution in [0.1, 0.15) is 0 Å². The summed E-state index contributed by atoms with van der Waals surface area (Å²) < 4.78 is 4.55. The summed E-state index contributed by atoms with van der Waals surface area (Å²) in [5, 5.41) is 12.4. The lowest BCUT2D eigenvalue weighted by atomic mass is 9.84. The first-order chi connectivity index (χ1) is 48.6. The zero-order valence-electron chi connectivity index (χ0n) is 53.6. The first-order valence-corrected chi connectivity index (χ1v) is 33.5. The Balaban J connectivity index is 0.000000143. The van der Waals surface area contributed by atoms with E-state index in [2.05, 4.69) is 379 Å². The summed E-state index contributed by atoms with van der Waals surface area (Å²) in [6.07, 6.45) is 0. The zero-order valence-corrected chi connectivity index (χ0v) is 53.6. The summed E-state index contributed by atoms with van der Waals surface area (Å²) in [6.45, 7) is 0. The maximum absolute atomic E-state index is 5.21. The Kier molecular flexibility index (Phi) is 14.5. The predicted octanol–water partition coefficient (Wildman–Crippen LogP) is 25.2. The molecule has 0 aliphatic rings. The van der Waals surface area contributed by atoms with E-state index < -0.39 is 0 Å². The van der Waals surface area contributed by atoms with Crippen LogP contribution in [0, 0.1) is 0 Å². The maximum Gasteiger partial charge on any atom is 0.145 e. The van der Waals surface area contributed by atoms with Gasteiger partial charge in [-0.3, -0.25) is 9.13 Å². The standard InChI is InChI=1S/C49H32N2.C45H30N2/c1-3-14-35(15-4-1)47-41-19-9-10-20-42(41)48(39-24-23-33-13-7-8-18-37(33)31-39)43-30-27-38(32-44(43)47)34-25-28-40(29-26-34)51-46-22-12-11-21-45(46)50-49(51)36-16-5-2-6-17-36;1-4-14-31(15-5-1)32-24-26-34(27-25-32)43-37-20-10-11-21-38(37)44(33-16-6-2-7-17-33)40-30-35(28-29-39(40)43)45-46-41-22-12-13-23-42(41)47(45)36-18-8-3-9-19-36/h1-32H;1-30H. The fraction of sp³-hybridized carbons (Fsp3) is 0. The van der Waals surface area contributed by atoms with Gasteiger partial charge in [0.15, 0.2) is 0 Å². The lowest BCUT2D eigenvalue weighted by Crippen LogP contribution is -1.98. The first-order valence-electron chi connectivity index (χ1n) is 33.5. The molecule has 0 unspecified atom stereocenters. The van der Waals surface area contributed by atoms with E-state index in [4.69, 9.17) is 9.97 Å². The molecule has 2 heterocycles. The van der Waals surface area contributed by atoms with Gasteiger partial charge < -0.3 is 0 Å². The molecule has 2 aromatic heterocycles. The number of fused-ring (bicyclic) bond motifs is 7. The lowest BCUT2D eigenvalue weighted by Gasteiger charge is -2.19. The molecule has 0 radical (unpaired) electrons. The average molecular weight is 1250 g/mol. The molecule has 4 heteroatoms. The molecule has 0 N–H and O–H groups in total. The molecule has 0 saturated heterocycles. The second-order valence-electron chi connectivity index (χ2n) is 25.1. The van der Waals surface area contributed by atoms with Gasteiger partial charge in [-0.2, -0.15) is 0 Å². The molecule has 98 heavy (non-hydrogen) atoms. The van der Waals surface area contributed by atoms with Crippen LogP contribution in [0.5, 0.6) is 0 Å². The van der Waals surface area contributed by atoms with Gasteiger partial charge >= 0.3 is 0 Å². The van der Waals surface area contributed by atoms with Crippen LogP contribution in [-0.4, -0.2) is 19.1 Å². The van der Waals surface area contributed by atoms with Gasteiger partial charge in [0.2, 0.25) is 0 Å². The molecule has 4 nitrogen and oxygen atoms in total. The van der Waals surface area contributed by atoms with E-state index in [9.17, 15) is 0 Å². The Morgan fingerprint density at radius 1 is 0.173 bits per heavy atom. The number of rotatable bonds is 10. The van der Waals surface area contributed by atoms with Crippen molar-refractivity contribution < 1.29 is 0 Å². The van der Waals surface area contributed by atoms with E-state index in [1.54, 1.807) is 0 Å². The minimum absolute atomic E-state index is 0.931. The van der Waals surface area contributed by atoms with E-state index in [1.165, 1.54) is 121 Å². The van der Waals surface area contributed by atoms with Crippen LogP contribution in [0.15, 0.2) is 376 Å². The van der Waals surface area contributed by atoms with Crippen LogP contribution in [0.3, 0.4) is 0 Å². The Labute approximate surface area is 568 Å². The average Bonchev–Trinajstić information content (AvgIpc) is 0.883. The highest BCUT2D eigenvalue weighted by atomic mass is 15.1. The molecule has 458 valence electrons. The summed E-state index contributed by atoms with van der Waals surface area (Å²) in [5.74, 6) is 1.87. The number of hydrogen-bond donors (Lipinski definition) is 0. The molecule has 0 amide bonds. The normalized spacial score (nSPS) is 11.5. The third kappa shape index (κ3) is 10.3. The van der Waals surface area contributed by atoms with Crippen LogP contribution in [0.25, 0.3) is 177 Å². The highest BCUT2D eigenvalue weighted by Crippen LogP contribution is 2.48. The van der Waals surface area contributed by atoms with Crippen molar-refractivity contribution in [1.29, 1.82) is 0 Å². The minimum atomic E-state index is 0.931. The summed E-state index contributed by atoms with van der Waals surface area (Å²) >= 11 is 0. The number of hydrogen-bond acceptors (Lipinski definition) is 2. The fourth-order valence-electron chi connectivity index (χ4n) is 14.9. The van der Waals surface area contributed by atoms with Gasteiger partial charge in [-0.15, -0.1) is 0 Å². The fourth-order valence-corrected chi connectivity index (χ4v) is 14.9. The van der Waals surface area contributed by atoms with Gasteiger partial charge in [-0.1, -0.05) is 309 Å². The Morgan fingerprint density at radius 2 is 0.490 bits per heavy atom. The highest BCUT2D eigenvalue weighted by Gasteiger charge is 2.23. The minimum Gasteiger partial charge on any atom is -0.292 e. The monoisotopic (exact) mass is 1250 g/mol. The lowest BCUT2D eigenvalue weighted by molar-refractivity contribution is 1.10. The van der Waals surface area contributed by atoms with Gasteiger partial charge in [0.25, 0.3) is 0 Å². The van der Waals surface area contributed by atoms with E-state index in [0.29, 0.717) is 0 Å². The quantitative estimate of drug-likeness (QED) is 0.128. The summed E-state index contributed by atoms with van der Waals surface area (Å²) in [4.78, 5) is 10.3. The van der Waals surface area contributed by atoms with Crippen molar-refractivity contribution in [3.63, 3.8) is 0 Å². The van der Waals surface area contributed by atoms with E-state index in [0.717, 1.165) is 56.2 Å². The number of para-hydroxylation sites is 5. The van der Waals surface area contributed by atoms with Crippen LogP contribution in [-0.2, 0) is 0 Å². The molecule has 0 spiro atoms. The van der Waals surface area contributed by atoms with E-state index >= 15 is 0 Å². The Bertz CT molecular complexity index is 6180. The van der Waals surface area contributed by atoms with Crippen molar-refractivity contribution in [3.05, 3.63) is 376 Å². The third-order valence-corrected chi connectivity index (χ3v) is 19.4. The predicted molar refractivity (Wildman–Crippen MR) is 413 cm³/mol. The summed E-state index contributed by atoms with van der Waals surface area (Å²) in [5.41, 5.74) is 23.2. The summed E-state index contributed by atoms with van der Waals surface area (Å²) in [6, 6.07) is 135. The van der Waals surface area contributed by atoms with Gasteiger partial charge in [-0.05, 0) is 187 Å². The van der Waals surface area contributed by atoms with Crippen LogP contribution in [0.2, 0.25) is 0 Å². The molecule has 19 rings (SSSR count). The topological polar surface area (TPSA) is 35.6 Å². The number of benzene rings is 17. The van der Waals surface area contributed by atoms with Crippen molar-refractivity contribution in [2.45, 2.75) is 0 Å². The zero-order chi connectivity index (χ0) is 64.9. The highest BCUT2D eigenvalue weighted by molar-refractivity contribution is 6.24. The van der Waals surface area contributed by atoms with Crippen LogP contribution >= 0.6 is 0 Å². The smallest absolute Gasteiger partial charge is 0.145 e. The van der Waals surface area contributed by atoms with Crippen molar-refractivity contribution in [2.75, 3.05) is 0 Å². The van der Waals surface area contributed by atoms with Crippen molar-refractivity contribution in [1.82, 2.24) is 19.1 Å². The van der Waals surface area contributed by atoms with Gasteiger partial charge in [0.1, 0.15) is 11.6 Å². The van der Waals surface area contributed by atoms with E-state index in [1.807, 2.05) is 6.07 Å². The molecule has 0 fully saturated rings. The Hall–Kier alpha value is -13.0. The van der Waals surface area contributed by atoms with Crippen molar-refractivity contribution in [3.8, 4) is 101 Å². The van der Waals surface area contributed by atoms with Gasteiger partial charge in [0, 0.05) is 22.5 Å². The second-order valence-corrected chi connectivity index (χ2v) is 25.1. The molecule has 0 aliphatic carbocycles. The third-order valence-electron chi connectivity index (χ3n) is 19.4. The van der Waals surface area contributed by atoms with Crippen molar-refractivity contribution >= 4 is 75.9 Å². The van der Waals surface area contributed by atoms with Crippen LogP contribution in [0.4, 0.5) is 0 Å². The van der Waals surface area contributed by atoms with Crippen molar-refractivity contribution in [2.24, 2.45) is 0 Å². The largest absolute Gasteiger partial charge is 0.292 e. The first kappa shape index (κ1) is 57.6.